The molecule has 156 valence electrons. The minimum absolute atomic E-state index is 0.277. The quantitative estimate of drug-likeness (QED) is 0.826. The van der Waals surface area contributed by atoms with E-state index in [1.807, 2.05) is 6.07 Å². The Hall–Kier alpha value is -2.84. The molecule has 1 aromatic carbocycles. The van der Waals surface area contributed by atoms with Crippen LogP contribution in [0.15, 0.2) is 41.0 Å². The van der Waals surface area contributed by atoms with Gasteiger partial charge in [0.15, 0.2) is 0 Å². The van der Waals surface area contributed by atoms with Crippen molar-refractivity contribution in [3.05, 3.63) is 41.6 Å². The lowest BCUT2D eigenvalue weighted by molar-refractivity contribution is -0.118. The first-order valence-electron chi connectivity index (χ1n) is 9.15. The highest BCUT2D eigenvalue weighted by atomic mass is 19.4. The molecule has 1 atom stereocenters. The van der Waals surface area contributed by atoms with Gasteiger partial charge in [0.25, 0.3) is 0 Å². The van der Waals surface area contributed by atoms with Gasteiger partial charge in [0.1, 0.15) is 12.1 Å². The van der Waals surface area contributed by atoms with Crippen molar-refractivity contribution in [1.82, 2.24) is 5.32 Å². The van der Waals surface area contributed by atoms with Crippen LogP contribution in [0.4, 0.5) is 23.7 Å². The summed E-state index contributed by atoms with van der Waals surface area (Å²) in [6, 6.07) is 6.48. The van der Waals surface area contributed by atoms with E-state index in [9.17, 15) is 22.8 Å². The number of nitrogens with zero attached hydrogens (tertiary/aromatic N) is 2. The van der Waals surface area contributed by atoms with Gasteiger partial charge in [-0.2, -0.15) is 13.2 Å². The molecule has 0 saturated heterocycles. The SMILES string of the molecule is CC(C)(C)OC(=O)NCC(=O)N1c2ccccc2CC1C1=NC=C(C(F)(F)F)C1. The topological polar surface area (TPSA) is 71.0 Å². The summed E-state index contributed by atoms with van der Waals surface area (Å²) in [4.78, 5) is 30.1. The standard InChI is InChI=1S/C20H22F3N3O3/c1-19(2,3)29-18(28)25-11-17(27)26-15-7-5-4-6-12(15)8-16(26)14-9-13(10-24-14)20(21,22)23/h4-7,10,16H,8-9,11H2,1-3H3,(H,25,28). The number of carbonyl (C=O) groups excluding carboxylic acids is 2. The molecule has 0 saturated carbocycles. The van der Waals surface area contributed by atoms with Gasteiger partial charge in [-0.1, -0.05) is 18.2 Å². The molecule has 0 aliphatic carbocycles. The Labute approximate surface area is 166 Å². The molecule has 3 rings (SSSR count). The number of anilines is 1. The average Bonchev–Trinajstić information content (AvgIpc) is 3.22. The van der Waals surface area contributed by atoms with Crippen LogP contribution in [-0.4, -0.2) is 42.1 Å². The number of amides is 2. The fourth-order valence-electron chi connectivity index (χ4n) is 3.33. The number of halogens is 3. The fourth-order valence-corrected chi connectivity index (χ4v) is 3.33. The summed E-state index contributed by atoms with van der Waals surface area (Å²) < 4.78 is 44.1. The van der Waals surface area contributed by atoms with Gasteiger partial charge in [-0.3, -0.25) is 9.79 Å². The maximum atomic E-state index is 13.0. The van der Waals surface area contributed by atoms with Crippen LogP contribution < -0.4 is 10.2 Å². The number of ether oxygens (including phenoxy) is 1. The molecule has 0 aromatic heterocycles. The number of allylic oxidation sites excluding steroid dienone is 1. The molecule has 1 unspecified atom stereocenters. The van der Waals surface area contributed by atoms with E-state index in [2.05, 4.69) is 10.3 Å². The Morgan fingerprint density at radius 2 is 1.93 bits per heavy atom. The van der Waals surface area contributed by atoms with E-state index in [4.69, 9.17) is 4.74 Å². The van der Waals surface area contributed by atoms with Crippen molar-refractivity contribution in [2.45, 2.75) is 51.4 Å². The number of hydrogen-bond acceptors (Lipinski definition) is 4. The second-order valence-corrected chi connectivity index (χ2v) is 7.92. The third-order valence-electron chi connectivity index (χ3n) is 4.53. The Bertz CT molecular complexity index is 885. The number of hydrogen-bond donors (Lipinski definition) is 1. The van der Waals surface area contributed by atoms with E-state index in [-0.39, 0.29) is 18.7 Å². The Morgan fingerprint density at radius 1 is 1.24 bits per heavy atom. The smallest absolute Gasteiger partial charge is 0.414 e. The number of carbonyl (C=O) groups is 2. The number of fused-ring (bicyclic) bond motifs is 1. The van der Waals surface area contributed by atoms with E-state index < -0.39 is 35.4 Å². The fraction of sp³-hybridized carbons (Fsp3) is 0.450. The van der Waals surface area contributed by atoms with Crippen LogP contribution >= 0.6 is 0 Å². The molecule has 9 heteroatoms. The number of benzene rings is 1. The number of alkyl carbamates (subject to hydrolysis) is 1. The van der Waals surface area contributed by atoms with Crippen molar-refractivity contribution in [3.8, 4) is 0 Å². The minimum atomic E-state index is -4.45. The van der Waals surface area contributed by atoms with Crippen LogP contribution in [0.2, 0.25) is 0 Å². The summed E-state index contributed by atoms with van der Waals surface area (Å²) >= 11 is 0. The lowest BCUT2D eigenvalue weighted by atomic mass is 10.0. The van der Waals surface area contributed by atoms with Crippen molar-refractivity contribution in [1.29, 1.82) is 0 Å². The van der Waals surface area contributed by atoms with Gasteiger partial charge >= 0.3 is 12.3 Å². The van der Waals surface area contributed by atoms with Crippen molar-refractivity contribution in [3.63, 3.8) is 0 Å². The number of alkyl halides is 3. The number of nitrogens with one attached hydrogen (secondary N) is 1. The van der Waals surface area contributed by atoms with Crippen LogP contribution in [0.25, 0.3) is 0 Å². The molecule has 0 spiro atoms. The second-order valence-electron chi connectivity index (χ2n) is 7.92. The third-order valence-corrected chi connectivity index (χ3v) is 4.53. The van der Waals surface area contributed by atoms with E-state index in [1.54, 1.807) is 39.0 Å². The maximum absolute atomic E-state index is 13.0. The van der Waals surface area contributed by atoms with Crippen molar-refractivity contribution >= 4 is 23.4 Å². The zero-order chi connectivity index (χ0) is 21.4. The van der Waals surface area contributed by atoms with Gasteiger partial charge in [0.05, 0.1) is 11.6 Å². The van der Waals surface area contributed by atoms with Gasteiger partial charge in [0.2, 0.25) is 5.91 Å². The van der Waals surface area contributed by atoms with Gasteiger partial charge < -0.3 is 15.0 Å². The predicted octanol–water partition coefficient (Wildman–Crippen LogP) is 3.76. The van der Waals surface area contributed by atoms with E-state index >= 15 is 0 Å². The summed E-state index contributed by atoms with van der Waals surface area (Å²) in [6.07, 6.45) is -4.37. The highest BCUT2D eigenvalue weighted by molar-refractivity contribution is 6.08. The molecular weight excluding hydrogens is 387 g/mol. The van der Waals surface area contributed by atoms with E-state index in [0.717, 1.165) is 11.8 Å². The van der Waals surface area contributed by atoms with Crippen molar-refractivity contribution in [2.24, 2.45) is 4.99 Å². The number of aliphatic imine (C=N–C) groups is 1. The second kappa shape index (κ2) is 7.53. The highest BCUT2D eigenvalue weighted by Crippen LogP contribution is 2.37. The first-order chi connectivity index (χ1) is 13.5. The Balaban J connectivity index is 1.75. The molecule has 2 aliphatic rings. The summed E-state index contributed by atoms with van der Waals surface area (Å²) in [7, 11) is 0. The minimum Gasteiger partial charge on any atom is -0.444 e. The summed E-state index contributed by atoms with van der Waals surface area (Å²) in [6.45, 7) is 4.76. The zero-order valence-corrected chi connectivity index (χ0v) is 16.3. The van der Waals surface area contributed by atoms with E-state index in [0.29, 0.717) is 12.1 Å². The molecule has 2 heterocycles. The monoisotopic (exact) mass is 409 g/mol. The molecular formula is C20H22F3N3O3. The zero-order valence-electron chi connectivity index (χ0n) is 16.3. The lowest BCUT2D eigenvalue weighted by Gasteiger charge is -2.27. The number of rotatable bonds is 3. The van der Waals surface area contributed by atoms with E-state index in [1.165, 1.54) is 4.90 Å². The number of para-hydroxylation sites is 1. The van der Waals surface area contributed by atoms with Crippen LogP contribution in [0.3, 0.4) is 0 Å². The molecule has 1 N–H and O–H groups in total. The summed E-state index contributed by atoms with van der Waals surface area (Å²) in [5, 5.41) is 2.41. The van der Waals surface area contributed by atoms with Crippen molar-refractivity contribution < 1.29 is 27.5 Å². The largest absolute Gasteiger partial charge is 0.444 e. The molecule has 6 nitrogen and oxygen atoms in total. The molecule has 2 amide bonds. The van der Waals surface area contributed by atoms with Gasteiger partial charge in [-0.25, -0.2) is 4.79 Å². The molecule has 2 aliphatic heterocycles. The maximum Gasteiger partial charge on any atom is 0.414 e. The third kappa shape index (κ3) is 4.78. The Kier molecular flexibility index (Phi) is 5.42. The van der Waals surface area contributed by atoms with Crippen LogP contribution in [0.5, 0.6) is 0 Å². The van der Waals surface area contributed by atoms with Crippen LogP contribution in [-0.2, 0) is 16.0 Å². The van der Waals surface area contributed by atoms with Gasteiger partial charge in [0, 0.05) is 30.4 Å². The van der Waals surface area contributed by atoms with Crippen LogP contribution in [0.1, 0.15) is 32.8 Å². The molecule has 0 fully saturated rings. The lowest BCUT2D eigenvalue weighted by Crippen LogP contribution is -2.47. The van der Waals surface area contributed by atoms with Crippen molar-refractivity contribution in [2.75, 3.05) is 11.4 Å². The molecule has 0 bridgehead atoms. The molecule has 0 radical (unpaired) electrons. The first kappa shape index (κ1) is 20.9. The summed E-state index contributed by atoms with van der Waals surface area (Å²) in [5.41, 5.74) is 0.276. The predicted molar refractivity (Wildman–Crippen MR) is 102 cm³/mol. The van der Waals surface area contributed by atoms with Gasteiger partial charge in [-0.15, -0.1) is 0 Å². The molecule has 29 heavy (non-hydrogen) atoms. The van der Waals surface area contributed by atoms with Gasteiger partial charge in [-0.05, 0) is 32.4 Å². The molecule has 1 aromatic rings. The Morgan fingerprint density at radius 3 is 2.55 bits per heavy atom. The average molecular weight is 409 g/mol. The summed E-state index contributed by atoms with van der Waals surface area (Å²) in [5.74, 6) is -0.450. The first-order valence-corrected chi connectivity index (χ1v) is 9.15. The normalized spacial score (nSPS) is 18.8. The van der Waals surface area contributed by atoms with Crippen LogP contribution in [0, 0.1) is 0 Å². The highest BCUT2D eigenvalue weighted by Gasteiger charge is 2.42.